The smallest absolute Gasteiger partial charge is 0.339 e. The van der Waals surface area contributed by atoms with Crippen LogP contribution in [0.4, 0.5) is 10.2 Å². The lowest BCUT2D eigenvalue weighted by atomic mass is 9.92. The fourth-order valence-corrected chi connectivity index (χ4v) is 7.23. The number of methoxy groups -OCH3 is 1. The Balaban J connectivity index is 1.24. The van der Waals surface area contributed by atoms with Crippen molar-refractivity contribution < 1.29 is 38.0 Å². The first-order valence-corrected chi connectivity index (χ1v) is 19.2. The highest BCUT2D eigenvalue weighted by molar-refractivity contribution is 5.82. The number of aromatic hydroxyl groups is 1. The van der Waals surface area contributed by atoms with Crippen molar-refractivity contribution in [2.45, 2.75) is 78.3 Å². The Kier molecular flexibility index (Phi) is 12.8. The van der Waals surface area contributed by atoms with Gasteiger partial charge in [-0.2, -0.15) is 0 Å². The Bertz CT molecular complexity index is 2100. The van der Waals surface area contributed by atoms with Crippen molar-refractivity contribution in [3.8, 4) is 28.1 Å². The van der Waals surface area contributed by atoms with Gasteiger partial charge in [-0.1, -0.05) is 48.5 Å². The van der Waals surface area contributed by atoms with Gasteiger partial charge in [0.25, 0.3) is 0 Å². The Morgan fingerprint density at radius 1 is 0.929 bits per heavy atom. The Morgan fingerprint density at radius 3 is 2.32 bits per heavy atom. The fraction of sp³-hybridized carbons (Fsp3) is 0.422. The predicted octanol–water partition coefficient (Wildman–Crippen LogP) is 8.77. The second-order valence-electron chi connectivity index (χ2n) is 15.7. The molecule has 1 aliphatic heterocycles. The second-order valence-corrected chi connectivity index (χ2v) is 15.7. The van der Waals surface area contributed by atoms with Gasteiger partial charge in [0, 0.05) is 30.4 Å². The maximum absolute atomic E-state index is 15.1. The number of halogens is 1. The number of rotatable bonds is 15. The third-order valence-corrected chi connectivity index (χ3v) is 10.1. The first kappa shape index (κ1) is 40.8. The number of piperidine rings is 1. The van der Waals surface area contributed by atoms with Gasteiger partial charge in [0.2, 0.25) is 0 Å². The number of hydrogen-bond acceptors (Lipinski definition) is 9. The molecule has 0 saturated carbocycles. The quantitative estimate of drug-likeness (QED) is 0.0828. The number of carbonyl (C=O) groups excluding carboxylic acids is 1. The number of anilines is 1. The third kappa shape index (κ3) is 9.76. The van der Waals surface area contributed by atoms with Gasteiger partial charge in [0.05, 0.1) is 62.6 Å². The number of pyridine rings is 1. The highest BCUT2D eigenvalue weighted by Crippen LogP contribution is 2.40. The summed E-state index contributed by atoms with van der Waals surface area (Å²) in [5, 5.41) is 10.7. The second kappa shape index (κ2) is 17.5. The van der Waals surface area contributed by atoms with E-state index in [9.17, 15) is 9.90 Å². The van der Waals surface area contributed by atoms with Gasteiger partial charge in [-0.05, 0) is 101 Å². The molecule has 1 fully saturated rings. The number of ether oxygens (including phenoxy) is 5. The Morgan fingerprint density at radius 2 is 1.62 bits per heavy atom. The van der Waals surface area contributed by atoms with E-state index in [0.717, 1.165) is 35.3 Å². The number of nitrogens with zero attached hydrogens (tertiary/aromatic N) is 3. The van der Waals surface area contributed by atoms with Crippen LogP contribution in [0.2, 0.25) is 0 Å². The van der Waals surface area contributed by atoms with Crippen molar-refractivity contribution in [1.29, 1.82) is 0 Å². The number of hydrogen-bond donors (Lipinski definition) is 1. The number of phenols is 1. The molecule has 56 heavy (non-hydrogen) atoms. The summed E-state index contributed by atoms with van der Waals surface area (Å²) in [5.74, 6) is -0.324. The average molecular weight is 768 g/mol. The van der Waals surface area contributed by atoms with Crippen LogP contribution in [0.3, 0.4) is 0 Å². The summed E-state index contributed by atoms with van der Waals surface area (Å²) in [6.07, 6.45) is 2.41. The lowest BCUT2D eigenvalue weighted by Crippen LogP contribution is -2.46. The van der Waals surface area contributed by atoms with E-state index < -0.39 is 23.5 Å². The molecule has 0 aliphatic carbocycles. The molecule has 2 aromatic heterocycles. The highest BCUT2D eigenvalue weighted by atomic mass is 19.1. The number of phenolic OH excluding ortho intramolecular Hbond substituents is 1. The van der Waals surface area contributed by atoms with Crippen molar-refractivity contribution in [3.63, 3.8) is 0 Å². The van der Waals surface area contributed by atoms with Gasteiger partial charge in [0.1, 0.15) is 23.0 Å². The number of aromatic nitrogens is 2. The van der Waals surface area contributed by atoms with Crippen molar-refractivity contribution in [3.05, 3.63) is 107 Å². The summed E-state index contributed by atoms with van der Waals surface area (Å²) in [5.41, 5.74) is 5.03. The first-order chi connectivity index (χ1) is 26.7. The lowest BCUT2D eigenvalue weighted by molar-refractivity contribution is -0.164. The molecular formula is C45H54FN3O7. The molecule has 1 atom stereocenters. The molecule has 3 heterocycles. The number of aryl methyl sites for hydroxylation is 2. The topological polar surface area (TPSA) is 104 Å². The molecule has 0 amide bonds. The minimum absolute atomic E-state index is 0.123. The zero-order chi connectivity index (χ0) is 40.0. The Labute approximate surface area is 329 Å². The molecule has 1 N–H and O–H groups in total. The molecule has 0 bridgehead atoms. The van der Waals surface area contributed by atoms with E-state index in [-0.39, 0.29) is 16.9 Å². The molecule has 1 saturated heterocycles. The predicted molar refractivity (Wildman–Crippen MR) is 215 cm³/mol. The highest BCUT2D eigenvalue weighted by Gasteiger charge is 2.37. The molecule has 5 aromatic rings. The summed E-state index contributed by atoms with van der Waals surface area (Å²) in [7, 11) is 1.37. The van der Waals surface area contributed by atoms with Gasteiger partial charge in [0.15, 0.2) is 6.10 Å². The van der Waals surface area contributed by atoms with Crippen LogP contribution in [0.25, 0.3) is 28.0 Å². The number of esters is 1. The largest absolute Gasteiger partial charge is 0.507 e. The van der Waals surface area contributed by atoms with Crippen molar-refractivity contribution in [1.82, 2.24) is 9.38 Å². The van der Waals surface area contributed by atoms with E-state index in [2.05, 4.69) is 11.8 Å². The standard InChI is InChI=1S/C45H54FN3O7/c1-30-24-35(46)40(37(50)25-30)34-15-11-14-33(27-34)36-28-49-38(47-36)26-31(2)39(41(43(51)52-7)56-44(3,4)5)42(49)48-18-16-45(6,17-19-48)55-23-22-53-20-21-54-29-32-12-9-8-10-13-32/h8-15,24-28,41,50H,16-23,29H2,1-7H3/t41-/m0/s1. The SMILES string of the molecule is COC(=O)[C@@H](OC(C)(C)C)c1c(C)cc2nc(-c3cccc(-c4c(O)cc(C)cc4F)c3)cn2c1N1CCC(C)(OCCOCCOCc2ccccc2)CC1. The molecule has 0 spiro atoms. The maximum atomic E-state index is 15.1. The molecule has 3 aromatic carbocycles. The molecular weight excluding hydrogens is 714 g/mol. The van der Waals surface area contributed by atoms with Crippen LogP contribution >= 0.6 is 0 Å². The number of benzene rings is 3. The van der Waals surface area contributed by atoms with Crippen LogP contribution in [0.1, 0.15) is 68.9 Å². The monoisotopic (exact) mass is 767 g/mol. The number of carbonyl (C=O) groups is 1. The first-order valence-electron chi connectivity index (χ1n) is 19.2. The van der Waals surface area contributed by atoms with E-state index >= 15 is 4.39 Å². The molecule has 11 heteroatoms. The Hall–Kier alpha value is -4.81. The minimum atomic E-state index is -1.00. The number of fused-ring (bicyclic) bond motifs is 1. The van der Waals surface area contributed by atoms with E-state index in [1.165, 1.54) is 13.2 Å². The summed E-state index contributed by atoms with van der Waals surface area (Å²) >= 11 is 0. The van der Waals surface area contributed by atoms with E-state index in [1.807, 2.05) is 92.9 Å². The summed E-state index contributed by atoms with van der Waals surface area (Å²) in [6, 6.07) is 22.3. The molecule has 0 radical (unpaired) electrons. The van der Waals surface area contributed by atoms with Crippen LogP contribution in [0.5, 0.6) is 5.75 Å². The van der Waals surface area contributed by atoms with Crippen LogP contribution in [0, 0.1) is 19.7 Å². The van der Waals surface area contributed by atoms with E-state index in [1.54, 1.807) is 19.1 Å². The van der Waals surface area contributed by atoms with E-state index in [0.29, 0.717) is 74.2 Å². The zero-order valence-electron chi connectivity index (χ0n) is 33.6. The maximum Gasteiger partial charge on any atom is 0.339 e. The summed E-state index contributed by atoms with van der Waals surface area (Å²) in [6.45, 7) is 15.4. The average Bonchev–Trinajstić information content (AvgIpc) is 3.58. The molecule has 0 unspecified atom stereocenters. The van der Waals surface area contributed by atoms with Crippen molar-refractivity contribution in [2.24, 2.45) is 0 Å². The van der Waals surface area contributed by atoms with Gasteiger partial charge in [-0.3, -0.25) is 4.40 Å². The molecule has 10 nitrogen and oxygen atoms in total. The van der Waals surface area contributed by atoms with Gasteiger partial charge in [-0.15, -0.1) is 0 Å². The van der Waals surface area contributed by atoms with Gasteiger partial charge in [-0.25, -0.2) is 14.2 Å². The number of imidazole rings is 1. The minimum Gasteiger partial charge on any atom is -0.507 e. The van der Waals surface area contributed by atoms with Gasteiger partial charge >= 0.3 is 5.97 Å². The fourth-order valence-electron chi connectivity index (χ4n) is 7.23. The molecule has 298 valence electrons. The van der Waals surface area contributed by atoms with Crippen LogP contribution in [-0.2, 0) is 35.1 Å². The normalized spacial score (nSPS) is 15.0. The van der Waals surface area contributed by atoms with Crippen LogP contribution in [-0.4, -0.2) is 78.3 Å². The van der Waals surface area contributed by atoms with Crippen LogP contribution in [0.15, 0.2) is 79.0 Å². The van der Waals surface area contributed by atoms with Crippen LogP contribution < -0.4 is 4.90 Å². The molecule has 1 aliphatic rings. The third-order valence-electron chi connectivity index (χ3n) is 10.1. The van der Waals surface area contributed by atoms with E-state index in [4.69, 9.17) is 28.7 Å². The summed E-state index contributed by atoms with van der Waals surface area (Å²) < 4.78 is 46.9. The zero-order valence-corrected chi connectivity index (χ0v) is 33.6. The van der Waals surface area contributed by atoms with Crippen molar-refractivity contribution in [2.75, 3.05) is 51.5 Å². The lowest BCUT2D eigenvalue weighted by Gasteiger charge is -2.41. The molecule has 6 rings (SSSR count). The summed E-state index contributed by atoms with van der Waals surface area (Å²) in [4.78, 5) is 20.8. The van der Waals surface area contributed by atoms with Gasteiger partial charge < -0.3 is 33.7 Å². The van der Waals surface area contributed by atoms with Crippen molar-refractivity contribution >= 4 is 17.4 Å².